The molecular weight excluding hydrogens is 400 g/mol. The number of nitrogens with one attached hydrogen (secondary N) is 2. The van der Waals surface area contributed by atoms with Crippen LogP contribution in [0.2, 0.25) is 0 Å². The maximum atomic E-state index is 12.4. The van der Waals surface area contributed by atoms with Crippen LogP contribution >= 0.6 is 0 Å². The molecule has 6 nitrogen and oxygen atoms in total. The molecule has 4 aromatic rings. The summed E-state index contributed by atoms with van der Waals surface area (Å²) in [5, 5.41) is 8.68. The van der Waals surface area contributed by atoms with Crippen molar-refractivity contribution in [3.05, 3.63) is 90.5 Å². The minimum atomic E-state index is -0.179. The van der Waals surface area contributed by atoms with Crippen molar-refractivity contribution in [2.24, 2.45) is 0 Å². The van der Waals surface area contributed by atoms with Crippen LogP contribution in [0.15, 0.2) is 79.4 Å². The molecule has 1 aromatic heterocycles. The van der Waals surface area contributed by atoms with Crippen molar-refractivity contribution in [3.63, 3.8) is 0 Å². The molecule has 4 rings (SSSR count). The number of rotatable bonds is 10. The molecule has 0 aliphatic carbocycles. The zero-order chi connectivity index (χ0) is 22.2. The first-order valence-electron chi connectivity index (χ1n) is 10.9. The molecule has 2 N–H and O–H groups in total. The Balaban J connectivity index is 1.38. The molecule has 6 heteroatoms. The van der Waals surface area contributed by atoms with Gasteiger partial charge in [-0.25, -0.2) is 4.98 Å². The maximum absolute atomic E-state index is 12.4. The first-order valence-corrected chi connectivity index (χ1v) is 10.9. The van der Waals surface area contributed by atoms with Crippen molar-refractivity contribution in [2.45, 2.75) is 26.4 Å². The van der Waals surface area contributed by atoms with E-state index >= 15 is 0 Å². The molecule has 1 heterocycles. The van der Waals surface area contributed by atoms with Gasteiger partial charge in [0.25, 0.3) is 5.91 Å². The van der Waals surface area contributed by atoms with Crippen molar-refractivity contribution in [1.82, 2.24) is 14.9 Å². The largest absolute Gasteiger partial charge is 0.483 e. The van der Waals surface area contributed by atoms with E-state index in [-0.39, 0.29) is 12.5 Å². The summed E-state index contributed by atoms with van der Waals surface area (Å²) in [7, 11) is 0. The van der Waals surface area contributed by atoms with E-state index in [1.54, 1.807) is 6.20 Å². The number of carbonyl (C=O) groups is 1. The molecule has 0 radical (unpaired) electrons. The van der Waals surface area contributed by atoms with Gasteiger partial charge < -0.3 is 19.9 Å². The Bertz CT molecular complexity index is 1150. The van der Waals surface area contributed by atoms with Crippen LogP contribution in [-0.4, -0.2) is 28.6 Å². The molecule has 0 aliphatic heterocycles. The van der Waals surface area contributed by atoms with Crippen molar-refractivity contribution in [1.29, 1.82) is 0 Å². The highest BCUT2D eigenvalue weighted by molar-refractivity contribution is 5.92. The molecule has 0 unspecified atom stereocenters. The van der Waals surface area contributed by atoms with Crippen LogP contribution < -0.4 is 15.4 Å². The second kappa shape index (κ2) is 10.6. The highest BCUT2D eigenvalue weighted by Crippen LogP contribution is 2.28. The number of nitrogens with zero attached hydrogens (tertiary/aromatic N) is 2. The molecule has 3 aromatic carbocycles. The third-order valence-electron chi connectivity index (χ3n) is 5.32. The molecule has 0 saturated carbocycles. The van der Waals surface area contributed by atoms with Crippen LogP contribution in [0.5, 0.6) is 5.75 Å². The Kier molecular flexibility index (Phi) is 7.15. The number of hydrogen-bond donors (Lipinski definition) is 2. The molecular formula is C26H28N4O2. The van der Waals surface area contributed by atoms with E-state index < -0.39 is 0 Å². The van der Waals surface area contributed by atoms with Gasteiger partial charge in [0.2, 0.25) is 0 Å². The Morgan fingerprint density at radius 3 is 2.72 bits per heavy atom. The lowest BCUT2D eigenvalue weighted by Crippen LogP contribution is -2.21. The summed E-state index contributed by atoms with van der Waals surface area (Å²) >= 11 is 0. The minimum absolute atomic E-state index is 0.0418. The second-order valence-electron chi connectivity index (χ2n) is 7.80. The normalized spacial score (nSPS) is 10.9. The monoisotopic (exact) mass is 428 g/mol. The van der Waals surface area contributed by atoms with Gasteiger partial charge in [-0.05, 0) is 48.9 Å². The predicted molar refractivity (Wildman–Crippen MR) is 128 cm³/mol. The smallest absolute Gasteiger partial charge is 0.262 e. The number of hydrogen-bond acceptors (Lipinski definition) is 4. The van der Waals surface area contributed by atoms with E-state index in [0.29, 0.717) is 6.54 Å². The zero-order valence-electron chi connectivity index (χ0n) is 18.3. The number of aromatic nitrogens is 2. The lowest BCUT2D eigenvalue weighted by atomic mass is 10.0. The van der Waals surface area contributed by atoms with Crippen LogP contribution in [0.3, 0.4) is 0 Å². The fourth-order valence-electron chi connectivity index (χ4n) is 3.63. The second-order valence-corrected chi connectivity index (χ2v) is 7.80. The molecule has 0 saturated heterocycles. The molecule has 0 spiro atoms. The number of carbonyl (C=O) groups excluding carboxylic acids is 1. The Labute approximate surface area is 188 Å². The molecule has 0 fully saturated rings. The number of anilines is 1. The highest BCUT2D eigenvalue weighted by Gasteiger charge is 2.11. The van der Waals surface area contributed by atoms with Crippen LogP contribution in [0, 0.1) is 6.92 Å². The first-order chi connectivity index (χ1) is 15.7. The van der Waals surface area contributed by atoms with Gasteiger partial charge in [0.05, 0.1) is 6.33 Å². The highest BCUT2D eigenvalue weighted by atomic mass is 16.5. The van der Waals surface area contributed by atoms with E-state index in [2.05, 4.69) is 32.3 Å². The van der Waals surface area contributed by atoms with Crippen LogP contribution in [-0.2, 0) is 17.9 Å². The fraction of sp³-hybridized carbons (Fsp3) is 0.231. The maximum Gasteiger partial charge on any atom is 0.262 e. The molecule has 0 bridgehead atoms. The molecule has 164 valence electrons. The van der Waals surface area contributed by atoms with Crippen LogP contribution in [0.4, 0.5) is 5.69 Å². The third kappa shape index (κ3) is 5.74. The number of imidazole rings is 1. The number of fused-ring (bicyclic) bond motifs is 1. The average Bonchev–Trinajstić information content (AvgIpc) is 3.33. The van der Waals surface area contributed by atoms with Gasteiger partial charge in [-0.15, -0.1) is 0 Å². The zero-order valence-corrected chi connectivity index (χ0v) is 18.3. The molecule has 32 heavy (non-hydrogen) atoms. The summed E-state index contributed by atoms with van der Waals surface area (Å²) in [6.45, 7) is 4.43. The van der Waals surface area contributed by atoms with Crippen molar-refractivity contribution < 1.29 is 9.53 Å². The Morgan fingerprint density at radius 1 is 1.06 bits per heavy atom. The predicted octanol–water partition coefficient (Wildman–Crippen LogP) is 4.54. The van der Waals surface area contributed by atoms with E-state index in [9.17, 15) is 4.79 Å². The van der Waals surface area contributed by atoms with Crippen molar-refractivity contribution >= 4 is 22.4 Å². The molecule has 1 amide bonds. The topological polar surface area (TPSA) is 68.2 Å². The fourth-order valence-corrected chi connectivity index (χ4v) is 3.63. The summed E-state index contributed by atoms with van der Waals surface area (Å²) in [4.78, 5) is 16.5. The summed E-state index contributed by atoms with van der Waals surface area (Å²) < 4.78 is 8.02. The van der Waals surface area contributed by atoms with Gasteiger partial charge in [0.15, 0.2) is 6.61 Å². The Hall–Kier alpha value is -3.64. The Morgan fingerprint density at radius 2 is 1.91 bits per heavy atom. The summed E-state index contributed by atoms with van der Waals surface area (Å²) in [5.74, 6) is 0.547. The minimum Gasteiger partial charge on any atom is -0.483 e. The van der Waals surface area contributed by atoms with E-state index in [1.165, 1.54) is 0 Å². The molecule has 0 aliphatic rings. The van der Waals surface area contributed by atoms with Gasteiger partial charge in [0.1, 0.15) is 5.75 Å². The summed E-state index contributed by atoms with van der Waals surface area (Å²) in [6, 6.07) is 19.9. The van der Waals surface area contributed by atoms with Gasteiger partial charge in [-0.3, -0.25) is 4.79 Å². The van der Waals surface area contributed by atoms with E-state index in [0.717, 1.165) is 52.8 Å². The van der Waals surface area contributed by atoms with Gasteiger partial charge >= 0.3 is 0 Å². The average molecular weight is 429 g/mol. The number of amides is 1. The molecule has 0 atom stereocenters. The lowest BCUT2D eigenvalue weighted by molar-refractivity contribution is -0.118. The summed E-state index contributed by atoms with van der Waals surface area (Å²) in [6.07, 6.45) is 6.59. The van der Waals surface area contributed by atoms with E-state index in [4.69, 9.17) is 4.74 Å². The third-order valence-corrected chi connectivity index (χ3v) is 5.32. The number of aryl methyl sites for hydroxylation is 2. The van der Waals surface area contributed by atoms with Crippen molar-refractivity contribution in [2.75, 3.05) is 18.5 Å². The SMILES string of the molecule is Cc1ccc(NC(=O)COc2ccc3ccccc3c2CNCCCn2ccnc2)cc1. The van der Waals surface area contributed by atoms with Gasteiger partial charge in [-0.1, -0.05) is 48.0 Å². The van der Waals surface area contributed by atoms with Crippen LogP contribution in [0.25, 0.3) is 10.8 Å². The number of benzene rings is 3. The quantitative estimate of drug-likeness (QED) is 0.364. The first kappa shape index (κ1) is 21.6. The standard InChI is InChI=1S/C26H28N4O2/c1-20-7-10-22(11-8-20)29-26(31)18-32-25-12-9-21-5-2-3-6-23(21)24(25)17-27-13-4-15-30-16-14-28-19-30/h2-3,5-12,14,16,19,27H,4,13,15,17-18H2,1H3,(H,29,31). The van der Waals surface area contributed by atoms with Gasteiger partial charge in [-0.2, -0.15) is 0 Å². The van der Waals surface area contributed by atoms with Gasteiger partial charge in [0, 0.05) is 36.7 Å². The number of ether oxygens (including phenoxy) is 1. The van der Waals surface area contributed by atoms with Crippen LogP contribution in [0.1, 0.15) is 17.5 Å². The van der Waals surface area contributed by atoms with Crippen molar-refractivity contribution in [3.8, 4) is 5.75 Å². The van der Waals surface area contributed by atoms with E-state index in [1.807, 2.05) is 68.0 Å². The lowest BCUT2D eigenvalue weighted by Gasteiger charge is -2.15. The summed E-state index contributed by atoms with van der Waals surface area (Å²) in [5.41, 5.74) is 2.98.